The molecule has 1 aromatic rings. The summed E-state index contributed by atoms with van der Waals surface area (Å²) in [6.07, 6.45) is 1.82. The second-order valence-corrected chi connectivity index (χ2v) is 5.33. The highest BCUT2D eigenvalue weighted by Crippen LogP contribution is 2.11. The van der Waals surface area contributed by atoms with E-state index in [0.29, 0.717) is 12.8 Å². The molecule has 0 aliphatic carbocycles. The van der Waals surface area contributed by atoms with Crippen LogP contribution in [0.4, 0.5) is 0 Å². The molecule has 0 unspecified atom stereocenters. The third-order valence-corrected chi connectivity index (χ3v) is 3.10. The van der Waals surface area contributed by atoms with Gasteiger partial charge in [0.05, 0.1) is 0 Å². The molecule has 2 N–H and O–H groups in total. The molecule has 18 heavy (non-hydrogen) atoms. The minimum absolute atomic E-state index is 0.0386. The predicted octanol–water partition coefficient (Wildman–Crippen LogP) is 2.20. The quantitative estimate of drug-likeness (QED) is 0.812. The van der Waals surface area contributed by atoms with Gasteiger partial charge in [-0.05, 0) is 44.7 Å². The van der Waals surface area contributed by atoms with Crippen molar-refractivity contribution in [1.29, 1.82) is 0 Å². The van der Waals surface area contributed by atoms with Gasteiger partial charge in [0.25, 0.3) is 0 Å². The lowest BCUT2D eigenvalue weighted by atomic mass is 10.00. The van der Waals surface area contributed by atoms with E-state index in [-0.39, 0.29) is 18.1 Å². The Bertz CT molecular complexity index is 399. The Morgan fingerprint density at radius 2 is 2.00 bits per heavy atom. The maximum absolute atomic E-state index is 11.8. The normalized spacial score (nSPS) is 11.3. The van der Waals surface area contributed by atoms with E-state index in [2.05, 4.69) is 24.4 Å². The third-order valence-electron chi connectivity index (χ3n) is 3.10. The molecule has 0 radical (unpaired) electrons. The summed E-state index contributed by atoms with van der Waals surface area (Å²) in [6.45, 7) is 6.00. The zero-order valence-electron chi connectivity index (χ0n) is 11.5. The van der Waals surface area contributed by atoms with Crippen LogP contribution in [0.15, 0.2) is 24.3 Å². The van der Waals surface area contributed by atoms with Crippen molar-refractivity contribution in [2.24, 2.45) is 0 Å². The lowest BCUT2D eigenvalue weighted by Crippen LogP contribution is -2.44. The molecule has 0 saturated heterocycles. The SMILES string of the molecule is Cc1ccccc1CCC(=O)NC(C)(C)CCO. The van der Waals surface area contributed by atoms with Crippen LogP contribution in [0.25, 0.3) is 0 Å². The van der Waals surface area contributed by atoms with Crippen LogP contribution in [0.1, 0.15) is 37.8 Å². The fourth-order valence-corrected chi connectivity index (χ4v) is 1.92. The minimum Gasteiger partial charge on any atom is -0.396 e. The first-order chi connectivity index (χ1) is 8.44. The maximum Gasteiger partial charge on any atom is 0.220 e. The van der Waals surface area contributed by atoms with Crippen molar-refractivity contribution < 1.29 is 9.90 Å². The van der Waals surface area contributed by atoms with E-state index < -0.39 is 0 Å². The summed E-state index contributed by atoms with van der Waals surface area (Å²) in [5.41, 5.74) is 2.10. The molecule has 0 aliphatic heterocycles. The van der Waals surface area contributed by atoms with Gasteiger partial charge in [-0.3, -0.25) is 4.79 Å². The molecule has 0 spiro atoms. The summed E-state index contributed by atoms with van der Waals surface area (Å²) in [6, 6.07) is 8.11. The van der Waals surface area contributed by atoms with Crippen molar-refractivity contribution in [3.8, 4) is 0 Å². The van der Waals surface area contributed by atoms with E-state index in [0.717, 1.165) is 6.42 Å². The summed E-state index contributed by atoms with van der Waals surface area (Å²) in [5.74, 6) is 0.0386. The number of aliphatic hydroxyl groups is 1. The Hall–Kier alpha value is -1.35. The monoisotopic (exact) mass is 249 g/mol. The Morgan fingerprint density at radius 3 is 2.61 bits per heavy atom. The molecule has 0 bridgehead atoms. The highest BCUT2D eigenvalue weighted by Gasteiger charge is 2.19. The summed E-state index contributed by atoms with van der Waals surface area (Å²) < 4.78 is 0. The van der Waals surface area contributed by atoms with Crippen molar-refractivity contribution in [2.45, 2.75) is 45.6 Å². The number of rotatable bonds is 6. The summed E-state index contributed by atoms with van der Waals surface area (Å²) >= 11 is 0. The molecule has 0 fully saturated rings. The molecule has 0 saturated carbocycles. The van der Waals surface area contributed by atoms with Gasteiger partial charge in [0, 0.05) is 18.6 Å². The van der Waals surface area contributed by atoms with Crippen LogP contribution in [0.2, 0.25) is 0 Å². The summed E-state index contributed by atoms with van der Waals surface area (Å²) in [7, 11) is 0. The van der Waals surface area contributed by atoms with Crippen molar-refractivity contribution in [2.75, 3.05) is 6.61 Å². The molecule has 1 rings (SSSR count). The van der Waals surface area contributed by atoms with E-state index in [1.807, 2.05) is 26.0 Å². The van der Waals surface area contributed by atoms with Crippen molar-refractivity contribution in [1.82, 2.24) is 5.32 Å². The Morgan fingerprint density at radius 1 is 1.33 bits per heavy atom. The third kappa shape index (κ3) is 4.88. The minimum atomic E-state index is -0.336. The van der Waals surface area contributed by atoms with Crippen molar-refractivity contribution in [3.63, 3.8) is 0 Å². The fourth-order valence-electron chi connectivity index (χ4n) is 1.92. The van der Waals surface area contributed by atoms with Gasteiger partial charge < -0.3 is 10.4 Å². The van der Waals surface area contributed by atoms with E-state index >= 15 is 0 Å². The van der Waals surface area contributed by atoms with Crippen LogP contribution < -0.4 is 5.32 Å². The highest BCUT2D eigenvalue weighted by atomic mass is 16.3. The van der Waals surface area contributed by atoms with E-state index in [1.165, 1.54) is 11.1 Å². The lowest BCUT2D eigenvalue weighted by molar-refractivity contribution is -0.122. The summed E-state index contributed by atoms with van der Waals surface area (Å²) in [4.78, 5) is 11.8. The first kappa shape index (κ1) is 14.7. The first-order valence-electron chi connectivity index (χ1n) is 6.41. The zero-order valence-corrected chi connectivity index (χ0v) is 11.5. The molecule has 1 amide bonds. The van der Waals surface area contributed by atoms with Gasteiger partial charge in [-0.15, -0.1) is 0 Å². The summed E-state index contributed by atoms with van der Waals surface area (Å²) in [5, 5.41) is 11.9. The predicted molar refractivity (Wildman–Crippen MR) is 73.4 cm³/mol. The number of hydrogen-bond donors (Lipinski definition) is 2. The average Bonchev–Trinajstić information content (AvgIpc) is 2.27. The van der Waals surface area contributed by atoms with Gasteiger partial charge >= 0.3 is 0 Å². The lowest BCUT2D eigenvalue weighted by Gasteiger charge is -2.25. The van der Waals surface area contributed by atoms with Gasteiger partial charge in [-0.1, -0.05) is 24.3 Å². The zero-order chi connectivity index (χ0) is 13.6. The van der Waals surface area contributed by atoms with Crippen LogP contribution in [-0.2, 0) is 11.2 Å². The van der Waals surface area contributed by atoms with E-state index in [4.69, 9.17) is 5.11 Å². The van der Waals surface area contributed by atoms with Crippen molar-refractivity contribution >= 4 is 5.91 Å². The second-order valence-electron chi connectivity index (χ2n) is 5.33. The van der Waals surface area contributed by atoms with Gasteiger partial charge in [0.1, 0.15) is 0 Å². The maximum atomic E-state index is 11.8. The number of carbonyl (C=O) groups is 1. The van der Waals surface area contributed by atoms with Crippen LogP contribution in [0.3, 0.4) is 0 Å². The first-order valence-corrected chi connectivity index (χ1v) is 6.41. The van der Waals surface area contributed by atoms with Gasteiger partial charge in [-0.25, -0.2) is 0 Å². The number of hydrogen-bond acceptors (Lipinski definition) is 2. The molecule has 100 valence electrons. The Labute approximate surface area is 109 Å². The van der Waals surface area contributed by atoms with Gasteiger partial charge in [0.2, 0.25) is 5.91 Å². The molecule has 3 heteroatoms. The number of aryl methyl sites for hydroxylation is 2. The highest BCUT2D eigenvalue weighted by molar-refractivity contribution is 5.77. The number of carbonyl (C=O) groups excluding carboxylic acids is 1. The molecule has 3 nitrogen and oxygen atoms in total. The van der Waals surface area contributed by atoms with E-state index in [1.54, 1.807) is 0 Å². The molecule has 0 aliphatic rings. The van der Waals surface area contributed by atoms with Gasteiger partial charge in [-0.2, -0.15) is 0 Å². The van der Waals surface area contributed by atoms with Crippen LogP contribution >= 0.6 is 0 Å². The fraction of sp³-hybridized carbons (Fsp3) is 0.533. The smallest absolute Gasteiger partial charge is 0.220 e. The van der Waals surface area contributed by atoms with Crippen LogP contribution in [0, 0.1) is 6.92 Å². The second kappa shape index (κ2) is 6.55. The number of benzene rings is 1. The number of aliphatic hydroxyl groups excluding tert-OH is 1. The van der Waals surface area contributed by atoms with Crippen molar-refractivity contribution in [3.05, 3.63) is 35.4 Å². The number of amides is 1. The molecular formula is C15H23NO2. The Balaban J connectivity index is 2.45. The molecular weight excluding hydrogens is 226 g/mol. The van der Waals surface area contributed by atoms with Crippen LogP contribution in [-0.4, -0.2) is 23.2 Å². The van der Waals surface area contributed by atoms with Gasteiger partial charge in [0.15, 0.2) is 0 Å². The standard InChI is InChI=1S/C15H23NO2/c1-12-6-4-5-7-13(12)8-9-14(18)16-15(2,3)10-11-17/h4-7,17H,8-11H2,1-3H3,(H,16,18). The topological polar surface area (TPSA) is 49.3 Å². The molecule has 0 aromatic heterocycles. The van der Waals surface area contributed by atoms with Crippen LogP contribution in [0.5, 0.6) is 0 Å². The molecule has 0 heterocycles. The molecule has 0 atom stereocenters. The molecule has 1 aromatic carbocycles. The largest absolute Gasteiger partial charge is 0.396 e. The Kier molecular flexibility index (Phi) is 5.35. The van der Waals surface area contributed by atoms with E-state index in [9.17, 15) is 4.79 Å². The number of nitrogens with one attached hydrogen (secondary N) is 1. The average molecular weight is 249 g/mol.